The van der Waals surface area contributed by atoms with Crippen molar-refractivity contribution < 1.29 is 0 Å². The van der Waals surface area contributed by atoms with Crippen LogP contribution in [0, 0.1) is 6.92 Å². The number of alkyl halides is 1. The van der Waals surface area contributed by atoms with Gasteiger partial charge >= 0.3 is 0 Å². The standard InChI is InChI=1S/C30H29ClN4/c1-3-20-10-8-11-21(17-20)28-32-29(34-30(31)33-28)22-15-16-24-23-12-5-7-14-26(23)35(27(24)18-22)25-13-6-4-9-19(25)2/h4-18,28-30,32-34H,3H2,1-2H3. The van der Waals surface area contributed by atoms with E-state index in [0.29, 0.717) is 0 Å². The second-order valence-corrected chi connectivity index (χ2v) is 9.68. The van der Waals surface area contributed by atoms with Crippen molar-refractivity contribution >= 4 is 33.4 Å². The molecule has 5 aromatic rings. The van der Waals surface area contributed by atoms with Crippen molar-refractivity contribution in [1.29, 1.82) is 0 Å². The van der Waals surface area contributed by atoms with Crippen LogP contribution in [0.25, 0.3) is 27.5 Å². The molecule has 4 nitrogen and oxygen atoms in total. The number of aromatic nitrogens is 1. The molecule has 176 valence electrons. The highest BCUT2D eigenvalue weighted by Gasteiger charge is 2.28. The third-order valence-electron chi connectivity index (χ3n) is 7.04. The molecule has 0 radical (unpaired) electrons. The van der Waals surface area contributed by atoms with Gasteiger partial charge in [-0.15, -0.1) is 0 Å². The summed E-state index contributed by atoms with van der Waals surface area (Å²) < 4.78 is 2.38. The molecule has 0 bridgehead atoms. The number of benzene rings is 4. The number of fused-ring (bicyclic) bond motifs is 3. The molecule has 6 rings (SSSR count). The van der Waals surface area contributed by atoms with E-state index < -0.39 is 0 Å². The molecule has 35 heavy (non-hydrogen) atoms. The molecule has 3 atom stereocenters. The smallest absolute Gasteiger partial charge is 0.138 e. The first-order chi connectivity index (χ1) is 17.1. The van der Waals surface area contributed by atoms with Gasteiger partial charge in [0.2, 0.25) is 0 Å². The summed E-state index contributed by atoms with van der Waals surface area (Å²) >= 11 is 6.64. The van der Waals surface area contributed by atoms with Gasteiger partial charge in [0.15, 0.2) is 0 Å². The van der Waals surface area contributed by atoms with Crippen LogP contribution in [0.3, 0.4) is 0 Å². The normalized spacial score (nSPS) is 20.5. The topological polar surface area (TPSA) is 41.0 Å². The number of hydrogen-bond donors (Lipinski definition) is 3. The Morgan fingerprint density at radius 2 is 1.43 bits per heavy atom. The largest absolute Gasteiger partial charge is 0.309 e. The minimum atomic E-state index is -0.352. The fourth-order valence-corrected chi connectivity index (χ4v) is 5.47. The number of halogens is 1. The first-order valence-corrected chi connectivity index (χ1v) is 12.7. The van der Waals surface area contributed by atoms with Gasteiger partial charge in [0.1, 0.15) is 5.62 Å². The van der Waals surface area contributed by atoms with E-state index >= 15 is 0 Å². The minimum Gasteiger partial charge on any atom is -0.309 e. The lowest BCUT2D eigenvalue weighted by molar-refractivity contribution is 0.246. The highest BCUT2D eigenvalue weighted by molar-refractivity contribution is 6.20. The zero-order valence-electron chi connectivity index (χ0n) is 19.9. The van der Waals surface area contributed by atoms with E-state index in [-0.39, 0.29) is 18.0 Å². The van der Waals surface area contributed by atoms with E-state index in [9.17, 15) is 0 Å². The first-order valence-electron chi connectivity index (χ1n) is 12.2. The summed E-state index contributed by atoms with van der Waals surface area (Å²) in [6, 6.07) is 32.6. The van der Waals surface area contributed by atoms with E-state index in [1.165, 1.54) is 44.2 Å². The Morgan fingerprint density at radius 3 is 2.23 bits per heavy atom. The Balaban J connectivity index is 1.46. The SMILES string of the molecule is CCc1cccc(C2NC(Cl)NC(c3ccc4c5ccccc5n(-c5ccccc5C)c4c3)N2)c1. The van der Waals surface area contributed by atoms with E-state index in [0.717, 1.165) is 12.0 Å². The quantitative estimate of drug-likeness (QED) is 0.199. The minimum absolute atomic E-state index is 0.0480. The van der Waals surface area contributed by atoms with Crippen molar-refractivity contribution in [2.75, 3.05) is 0 Å². The Kier molecular flexibility index (Phi) is 5.83. The molecular weight excluding hydrogens is 452 g/mol. The van der Waals surface area contributed by atoms with Crippen molar-refractivity contribution in [2.45, 2.75) is 38.2 Å². The third kappa shape index (κ3) is 4.03. The Morgan fingerprint density at radius 1 is 0.714 bits per heavy atom. The monoisotopic (exact) mass is 480 g/mol. The Hall–Kier alpha value is -3.15. The van der Waals surface area contributed by atoms with Gasteiger partial charge < -0.3 is 4.57 Å². The van der Waals surface area contributed by atoms with Crippen molar-refractivity contribution in [3.05, 3.63) is 113 Å². The van der Waals surface area contributed by atoms with Crippen molar-refractivity contribution in [3.8, 4) is 5.69 Å². The number of nitrogens with one attached hydrogen (secondary N) is 3. The Labute approximate surface area is 210 Å². The van der Waals surface area contributed by atoms with Crippen molar-refractivity contribution in [3.63, 3.8) is 0 Å². The molecule has 4 aromatic carbocycles. The Bertz CT molecular complexity index is 1520. The lowest BCUT2D eigenvalue weighted by Gasteiger charge is -2.37. The fraction of sp³-hybridized carbons (Fsp3) is 0.200. The van der Waals surface area contributed by atoms with Crippen LogP contribution in [-0.4, -0.2) is 10.2 Å². The lowest BCUT2D eigenvalue weighted by atomic mass is 10.0. The third-order valence-corrected chi connectivity index (χ3v) is 7.29. The number of aryl methyl sites for hydroxylation is 2. The van der Waals surface area contributed by atoms with Gasteiger partial charge in [-0.05, 0) is 53.8 Å². The summed E-state index contributed by atoms with van der Waals surface area (Å²) in [4.78, 5) is 0. The highest BCUT2D eigenvalue weighted by atomic mass is 35.5. The summed E-state index contributed by atoms with van der Waals surface area (Å²) in [7, 11) is 0. The fourth-order valence-electron chi connectivity index (χ4n) is 5.22. The van der Waals surface area contributed by atoms with Gasteiger partial charge in [-0.1, -0.05) is 91.3 Å². The molecule has 1 saturated heterocycles. The second-order valence-electron chi connectivity index (χ2n) is 9.24. The maximum atomic E-state index is 6.64. The predicted molar refractivity (Wildman–Crippen MR) is 146 cm³/mol. The van der Waals surface area contributed by atoms with Crippen LogP contribution in [0.1, 0.15) is 41.5 Å². The number of nitrogens with zero attached hydrogens (tertiary/aromatic N) is 1. The zero-order chi connectivity index (χ0) is 23.9. The summed E-state index contributed by atoms with van der Waals surface area (Å²) in [5.74, 6) is 0. The van der Waals surface area contributed by atoms with Gasteiger partial charge in [-0.25, -0.2) is 0 Å². The predicted octanol–water partition coefficient (Wildman–Crippen LogP) is 6.66. The molecule has 0 spiro atoms. The van der Waals surface area contributed by atoms with E-state index in [1.807, 2.05) is 0 Å². The van der Waals surface area contributed by atoms with Gasteiger partial charge in [0.25, 0.3) is 0 Å². The zero-order valence-corrected chi connectivity index (χ0v) is 20.7. The number of hydrogen-bond acceptors (Lipinski definition) is 3. The molecule has 3 unspecified atom stereocenters. The van der Waals surface area contributed by atoms with Gasteiger partial charge in [0, 0.05) is 16.5 Å². The lowest BCUT2D eigenvalue weighted by Crippen LogP contribution is -2.56. The molecule has 3 N–H and O–H groups in total. The molecule has 1 aliphatic heterocycles. The van der Waals surface area contributed by atoms with E-state index in [1.54, 1.807) is 0 Å². The van der Waals surface area contributed by atoms with Gasteiger partial charge in [-0.3, -0.25) is 16.0 Å². The van der Waals surface area contributed by atoms with Crippen LogP contribution in [0.2, 0.25) is 0 Å². The van der Waals surface area contributed by atoms with Crippen LogP contribution >= 0.6 is 11.6 Å². The van der Waals surface area contributed by atoms with Crippen LogP contribution in [0.4, 0.5) is 0 Å². The first kappa shape index (κ1) is 22.3. The number of rotatable bonds is 4. The van der Waals surface area contributed by atoms with Crippen LogP contribution < -0.4 is 16.0 Å². The van der Waals surface area contributed by atoms with Gasteiger partial charge in [0.05, 0.1) is 23.4 Å². The second kappa shape index (κ2) is 9.14. The average molecular weight is 481 g/mol. The molecular formula is C30H29ClN4. The molecule has 2 heterocycles. The van der Waals surface area contributed by atoms with Gasteiger partial charge in [-0.2, -0.15) is 0 Å². The molecule has 1 fully saturated rings. The number of para-hydroxylation sites is 2. The summed E-state index contributed by atoms with van der Waals surface area (Å²) in [5.41, 5.74) is 8.16. The maximum absolute atomic E-state index is 6.64. The highest BCUT2D eigenvalue weighted by Crippen LogP contribution is 2.35. The van der Waals surface area contributed by atoms with Crippen molar-refractivity contribution in [1.82, 2.24) is 20.5 Å². The van der Waals surface area contributed by atoms with E-state index in [2.05, 4.69) is 125 Å². The van der Waals surface area contributed by atoms with E-state index in [4.69, 9.17) is 11.6 Å². The summed E-state index contributed by atoms with van der Waals surface area (Å²) in [5, 5.41) is 13.1. The van der Waals surface area contributed by atoms with Crippen LogP contribution in [0.15, 0.2) is 91.0 Å². The van der Waals surface area contributed by atoms with Crippen LogP contribution in [-0.2, 0) is 6.42 Å². The molecule has 0 aliphatic carbocycles. The molecule has 0 amide bonds. The van der Waals surface area contributed by atoms with Crippen LogP contribution in [0.5, 0.6) is 0 Å². The molecule has 0 saturated carbocycles. The maximum Gasteiger partial charge on any atom is 0.138 e. The molecule has 5 heteroatoms. The summed E-state index contributed by atoms with van der Waals surface area (Å²) in [6.07, 6.45) is 0.863. The molecule has 1 aromatic heterocycles. The molecule has 1 aliphatic rings. The van der Waals surface area contributed by atoms with Crippen molar-refractivity contribution in [2.24, 2.45) is 0 Å². The average Bonchev–Trinajstić information content (AvgIpc) is 3.22. The summed E-state index contributed by atoms with van der Waals surface area (Å²) in [6.45, 7) is 4.35.